The number of carboxylic acid groups (broad SMARTS) is 1. The first-order chi connectivity index (χ1) is 9.11. The average molecular weight is 254 g/mol. The Bertz CT molecular complexity index is 634. The van der Waals surface area contributed by atoms with Gasteiger partial charge >= 0.3 is 5.97 Å². The Morgan fingerprint density at radius 2 is 1.95 bits per heavy atom. The highest BCUT2D eigenvalue weighted by Gasteiger charge is 2.38. The van der Waals surface area contributed by atoms with E-state index in [2.05, 4.69) is 6.92 Å². The van der Waals surface area contributed by atoms with Crippen molar-refractivity contribution in [2.45, 2.75) is 12.3 Å². The minimum absolute atomic E-state index is 0.290. The van der Waals surface area contributed by atoms with Crippen molar-refractivity contribution < 1.29 is 14.6 Å². The second-order valence-electron chi connectivity index (χ2n) is 5.00. The van der Waals surface area contributed by atoms with Crippen molar-refractivity contribution in [1.29, 1.82) is 0 Å². The van der Waals surface area contributed by atoms with Crippen LogP contribution in [-0.4, -0.2) is 17.7 Å². The molecular formula is C16H14O3. The lowest BCUT2D eigenvalue weighted by Crippen LogP contribution is -2.25. The van der Waals surface area contributed by atoms with Gasteiger partial charge in [0.2, 0.25) is 0 Å². The van der Waals surface area contributed by atoms with Gasteiger partial charge < -0.3 is 9.84 Å². The molecule has 0 aliphatic carbocycles. The third-order valence-corrected chi connectivity index (χ3v) is 3.75. The highest BCUT2D eigenvalue weighted by atomic mass is 16.5. The monoisotopic (exact) mass is 254 g/mol. The number of fused-ring (bicyclic) bond motifs is 1. The number of carbonyl (C=O) groups is 1. The Labute approximate surface area is 111 Å². The maximum atomic E-state index is 11.1. The van der Waals surface area contributed by atoms with Gasteiger partial charge in [0.05, 0.1) is 11.0 Å². The molecule has 1 aliphatic rings. The van der Waals surface area contributed by atoms with Crippen molar-refractivity contribution in [1.82, 2.24) is 0 Å². The van der Waals surface area contributed by atoms with Crippen molar-refractivity contribution in [2.24, 2.45) is 0 Å². The second-order valence-corrected chi connectivity index (χ2v) is 5.00. The molecule has 96 valence electrons. The molecule has 0 saturated heterocycles. The molecule has 3 heteroatoms. The normalized spacial score (nSPS) is 20.7. The molecule has 0 spiro atoms. The first kappa shape index (κ1) is 11.8. The van der Waals surface area contributed by atoms with Crippen LogP contribution in [0, 0.1) is 0 Å². The van der Waals surface area contributed by atoms with Gasteiger partial charge in [0.15, 0.2) is 0 Å². The van der Waals surface area contributed by atoms with Crippen LogP contribution in [0.15, 0.2) is 48.5 Å². The zero-order valence-corrected chi connectivity index (χ0v) is 10.6. The first-order valence-electron chi connectivity index (χ1n) is 6.17. The molecule has 2 aromatic carbocycles. The van der Waals surface area contributed by atoms with Gasteiger partial charge in [0.1, 0.15) is 12.4 Å². The number of aromatic carboxylic acids is 1. The predicted molar refractivity (Wildman–Crippen MR) is 71.8 cm³/mol. The molecule has 0 fully saturated rings. The highest BCUT2D eigenvalue weighted by Crippen LogP contribution is 2.43. The van der Waals surface area contributed by atoms with Crippen LogP contribution in [0.4, 0.5) is 0 Å². The fourth-order valence-corrected chi connectivity index (χ4v) is 2.56. The number of hydrogen-bond acceptors (Lipinski definition) is 2. The summed E-state index contributed by atoms with van der Waals surface area (Å²) in [6, 6.07) is 15.1. The van der Waals surface area contributed by atoms with E-state index in [0.29, 0.717) is 12.2 Å². The zero-order chi connectivity index (χ0) is 13.5. The van der Waals surface area contributed by atoms with Gasteiger partial charge in [0, 0.05) is 5.56 Å². The van der Waals surface area contributed by atoms with E-state index in [4.69, 9.17) is 9.84 Å². The van der Waals surface area contributed by atoms with Crippen LogP contribution in [0.2, 0.25) is 0 Å². The number of hydrogen-bond donors (Lipinski definition) is 1. The van der Waals surface area contributed by atoms with Crippen LogP contribution in [-0.2, 0) is 5.41 Å². The highest BCUT2D eigenvalue weighted by molar-refractivity contribution is 5.88. The van der Waals surface area contributed by atoms with Gasteiger partial charge in [-0.05, 0) is 30.7 Å². The molecule has 0 saturated carbocycles. The molecule has 19 heavy (non-hydrogen) atoms. The third kappa shape index (κ3) is 1.78. The predicted octanol–water partition coefficient (Wildman–Crippen LogP) is 3.08. The topological polar surface area (TPSA) is 46.5 Å². The number of rotatable bonds is 2. The number of benzene rings is 2. The summed E-state index contributed by atoms with van der Waals surface area (Å²) in [5.41, 5.74) is 2.09. The Morgan fingerprint density at radius 1 is 1.21 bits per heavy atom. The lowest BCUT2D eigenvalue weighted by atomic mass is 9.77. The van der Waals surface area contributed by atoms with Gasteiger partial charge in [-0.2, -0.15) is 0 Å². The standard InChI is InChI=1S/C16H14O3/c1-16(12-5-3-2-4-6-12)10-19-14-8-7-11(15(17)18)9-13(14)16/h2-9H,10H2,1H3,(H,17,18). The third-order valence-electron chi connectivity index (χ3n) is 3.75. The molecule has 1 atom stereocenters. The lowest BCUT2D eigenvalue weighted by molar-refractivity contribution is 0.0697. The summed E-state index contributed by atoms with van der Waals surface area (Å²) < 4.78 is 5.71. The minimum atomic E-state index is -0.912. The van der Waals surface area contributed by atoms with Crippen LogP contribution in [0.25, 0.3) is 0 Å². The first-order valence-corrected chi connectivity index (χ1v) is 6.17. The van der Waals surface area contributed by atoms with Gasteiger partial charge in [0.25, 0.3) is 0 Å². The van der Waals surface area contributed by atoms with E-state index in [0.717, 1.165) is 16.9 Å². The minimum Gasteiger partial charge on any atom is -0.492 e. The van der Waals surface area contributed by atoms with E-state index in [-0.39, 0.29) is 5.41 Å². The Balaban J connectivity index is 2.15. The van der Waals surface area contributed by atoms with E-state index >= 15 is 0 Å². The van der Waals surface area contributed by atoms with Crippen molar-refractivity contribution in [3.8, 4) is 5.75 Å². The summed E-state index contributed by atoms with van der Waals surface area (Å²) in [5.74, 6) is -0.138. The maximum absolute atomic E-state index is 11.1. The molecule has 3 rings (SSSR count). The van der Waals surface area contributed by atoms with Crippen molar-refractivity contribution in [3.63, 3.8) is 0 Å². The van der Waals surface area contributed by atoms with E-state index in [9.17, 15) is 4.79 Å². The molecule has 0 aromatic heterocycles. The number of ether oxygens (including phenoxy) is 1. The van der Waals surface area contributed by atoms with Crippen LogP contribution in [0.1, 0.15) is 28.4 Å². The van der Waals surface area contributed by atoms with Gasteiger partial charge in [-0.3, -0.25) is 0 Å². The summed E-state index contributed by atoms with van der Waals surface area (Å²) in [5, 5.41) is 9.12. The van der Waals surface area contributed by atoms with Crippen molar-refractivity contribution >= 4 is 5.97 Å². The summed E-state index contributed by atoms with van der Waals surface area (Å²) in [7, 11) is 0. The fourth-order valence-electron chi connectivity index (χ4n) is 2.56. The van der Waals surface area contributed by atoms with Crippen molar-refractivity contribution in [2.75, 3.05) is 6.61 Å². The second kappa shape index (κ2) is 4.12. The summed E-state index contributed by atoms with van der Waals surface area (Å²) in [6.45, 7) is 2.62. The van der Waals surface area contributed by atoms with Crippen molar-refractivity contribution in [3.05, 3.63) is 65.2 Å². The van der Waals surface area contributed by atoms with Crippen LogP contribution in [0.5, 0.6) is 5.75 Å². The van der Waals surface area contributed by atoms with Crippen LogP contribution >= 0.6 is 0 Å². The SMILES string of the molecule is CC1(c2ccccc2)COc2ccc(C(=O)O)cc21. The molecule has 1 unspecified atom stereocenters. The maximum Gasteiger partial charge on any atom is 0.335 e. The molecule has 2 aromatic rings. The zero-order valence-electron chi connectivity index (χ0n) is 10.6. The molecule has 0 bridgehead atoms. The average Bonchev–Trinajstić information content (AvgIpc) is 2.78. The smallest absolute Gasteiger partial charge is 0.335 e. The fraction of sp³-hybridized carbons (Fsp3) is 0.188. The molecule has 0 amide bonds. The van der Waals surface area contributed by atoms with Gasteiger partial charge in [-0.25, -0.2) is 4.79 Å². The molecular weight excluding hydrogens is 240 g/mol. The van der Waals surface area contributed by atoms with E-state index in [1.165, 1.54) is 0 Å². The Hall–Kier alpha value is -2.29. The molecule has 1 N–H and O–H groups in total. The molecule has 1 heterocycles. The number of carboxylic acids is 1. The van der Waals surface area contributed by atoms with E-state index in [1.54, 1.807) is 18.2 Å². The van der Waals surface area contributed by atoms with Crippen LogP contribution in [0.3, 0.4) is 0 Å². The summed E-state index contributed by atoms with van der Waals surface area (Å²) >= 11 is 0. The summed E-state index contributed by atoms with van der Waals surface area (Å²) in [6.07, 6.45) is 0. The largest absolute Gasteiger partial charge is 0.492 e. The summed E-state index contributed by atoms with van der Waals surface area (Å²) in [4.78, 5) is 11.1. The molecule has 1 aliphatic heterocycles. The molecule has 0 radical (unpaired) electrons. The Kier molecular flexibility index (Phi) is 2.56. The van der Waals surface area contributed by atoms with Gasteiger partial charge in [-0.1, -0.05) is 30.3 Å². The Morgan fingerprint density at radius 3 is 2.63 bits per heavy atom. The molecule has 3 nitrogen and oxygen atoms in total. The quantitative estimate of drug-likeness (QED) is 0.895. The van der Waals surface area contributed by atoms with Gasteiger partial charge in [-0.15, -0.1) is 0 Å². The lowest BCUT2D eigenvalue weighted by Gasteiger charge is -2.23. The van der Waals surface area contributed by atoms with E-state index < -0.39 is 5.97 Å². The van der Waals surface area contributed by atoms with Crippen LogP contribution < -0.4 is 4.74 Å². The van der Waals surface area contributed by atoms with E-state index in [1.807, 2.05) is 30.3 Å².